The zero-order valence-electron chi connectivity index (χ0n) is 12.8. The monoisotopic (exact) mass is 315 g/mol. The molecule has 118 valence electrons. The number of carbonyl (C=O) groups is 1. The molecule has 0 aliphatic heterocycles. The van der Waals surface area contributed by atoms with E-state index in [1.54, 1.807) is 26.0 Å². The van der Waals surface area contributed by atoms with Gasteiger partial charge in [-0.15, -0.1) is 0 Å². The second kappa shape index (κ2) is 8.10. The molecule has 5 nitrogen and oxygen atoms in total. The molecule has 6 heteroatoms. The summed E-state index contributed by atoms with van der Waals surface area (Å²) in [5.74, 6) is 0.504. The zero-order chi connectivity index (χ0) is 16.0. The molecule has 0 heterocycles. The van der Waals surface area contributed by atoms with E-state index in [0.717, 1.165) is 5.56 Å². The van der Waals surface area contributed by atoms with Gasteiger partial charge < -0.3 is 19.9 Å². The Bertz CT molecular complexity index is 489. The Morgan fingerprint density at radius 2 is 2.00 bits per heavy atom. The molecule has 1 aromatic carbocycles. The predicted molar refractivity (Wildman–Crippen MR) is 82.1 cm³/mol. The van der Waals surface area contributed by atoms with E-state index in [0.29, 0.717) is 22.9 Å². The van der Waals surface area contributed by atoms with Crippen molar-refractivity contribution in [2.45, 2.75) is 39.3 Å². The topological polar surface area (TPSA) is 70.8 Å². The SMILES string of the molecule is COc1cc(Cl)cc(CC(C)N)c1OCC(=O)OC(C)C. The number of benzene rings is 1. The highest BCUT2D eigenvalue weighted by Gasteiger charge is 2.16. The lowest BCUT2D eigenvalue weighted by Crippen LogP contribution is -2.21. The van der Waals surface area contributed by atoms with E-state index in [2.05, 4.69) is 0 Å². The Morgan fingerprint density at radius 1 is 1.33 bits per heavy atom. The standard InChI is InChI=1S/C15H22ClNO4/c1-9(2)21-14(18)8-20-15-11(5-10(3)17)6-12(16)7-13(15)19-4/h6-7,9-10H,5,8,17H2,1-4H3. The summed E-state index contributed by atoms with van der Waals surface area (Å²) in [6.45, 7) is 5.25. The van der Waals surface area contributed by atoms with E-state index in [1.165, 1.54) is 7.11 Å². The molecule has 0 bridgehead atoms. The number of esters is 1. The Hall–Kier alpha value is -1.46. The molecule has 1 atom stereocenters. The van der Waals surface area contributed by atoms with E-state index in [-0.39, 0.29) is 18.8 Å². The van der Waals surface area contributed by atoms with Crippen LogP contribution in [0.3, 0.4) is 0 Å². The van der Waals surface area contributed by atoms with Crippen molar-refractivity contribution in [2.75, 3.05) is 13.7 Å². The third-order valence-electron chi connectivity index (χ3n) is 2.56. The number of nitrogens with two attached hydrogens (primary N) is 1. The number of hydrogen-bond acceptors (Lipinski definition) is 5. The molecule has 0 fully saturated rings. The van der Waals surface area contributed by atoms with Gasteiger partial charge in [-0.1, -0.05) is 11.6 Å². The molecule has 2 N–H and O–H groups in total. The second-order valence-corrected chi connectivity index (χ2v) is 5.54. The van der Waals surface area contributed by atoms with Gasteiger partial charge in [-0.2, -0.15) is 0 Å². The van der Waals surface area contributed by atoms with Gasteiger partial charge in [0.1, 0.15) is 0 Å². The van der Waals surface area contributed by atoms with E-state index in [1.807, 2.05) is 6.92 Å². The first-order valence-corrected chi connectivity index (χ1v) is 7.15. The van der Waals surface area contributed by atoms with Crippen molar-refractivity contribution in [3.8, 4) is 11.5 Å². The van der Waals surface area contributed by atoms with Crippen LogP contribution in [0.4, 0.5) is 0 Å². The maximum absolute atomic E-state index is 11.6. The quantitative estimate of drug-likeness (QED) is 0.783. The van der Waals surface area contributed by atoms with Crippen LogP contribution in [0.1, 0.15) is 26.3 Å². The fraction of sp³-hybridized carbons (Fsp3) is 0.533. The summed E-state index contributed by atoms with van der Waals surface area (Å²) in [7, 11) is 1.51. The van der Waals surface area contributed by atoms with Crippen LogP contribution in [0.25, 0.3) is 0 Å². The first-order valence-electron chi connectivity index (χ1n) is 6.77. The van der Waals surface area contributed by atoms with Crippen molar-refractivity contribution < 1.29 is 19.0 Å². The van der Waals surface area contributed by atoms with E-state index >= 15 is 0 Å². The molecule has 1 rings (SSSR count). The maximum Gasteiger partial charge on any atom is 0.344 e. The van der Waals surface area contributed by atoms with Crippen LogP contribution < -0.4 is 15.2 Å². The maximum atomic E-state index is 11.6. The van der Waals surface area contributed by atoms with Crippen LogP contribution in [0.5, 0.6) is 11.5 Å². The second-order valence-electron chi connectivity index (χ2n) is 5.10. The molecule has 0 saturated carbocycles. The van der Waals surface area contributed by atoms with Crippen LogP contribution in [-0.2, 0) is 16.0 Å². The molecular formula is C15H22ClNO4. The number of methoxy groups -OCH3 is 1. The van der Waals surface area contributed by atoms with Gasteiger partial charge in [-0.25, -0.2) is 4.79 Å². The number of carbonyl (C=O) groups excluding carboxylic acids is 1. The molecular weight excluding hydrogens is 294 g/mol. The minimum atomic E-state index is -0.436. The average Bonchev–Trinajstić information content (AvgIpc) is 2.35. The third-order valence-corrected chi connectivity index (χ3v) is 2.78. The smallest absolute Gasteiger partial charge is 0.344 e. The van der Waals surface area contributed by atoms with Gasteiger partial charge in [0.15, 0.2) is 18.1 Å². The van der Waals surface area contributed by atoms with Crippen LogP contribution in [0, 0.1) is 0 Å². The normalized spacial score (nSPS) is 12.1. The first-order chi connectivity index (χ1) is 9.83. The highest BCUT2D eigenvalue weighted by molar-refractivity contribution is 6.30. The number of ether oxygens (including phenoxy) is 3. The molecule has 1 unspecified atom stereocenters. The van der Waals surface area contributed by atoms with Crippen LogP contribution in [-0.4, -0.2) is 31.8 Å². The number of rotatable bonds is 7. The van der Waals surface area contributed by atoms with Crippen LogP contribution in [0.15, 0.2) is 12.1 Å². The molecule has 21 heavy (non-hydrogen) atoms. The van der Waals surface area contributed by atoms with E-state index in [4.69, 9.17) is 31.5 Å². The van der Waals surface area contributed by atoms with Crippen molar-refractivity contribution >= 4 is 17.6 Å². The summed E-state index contributed by atoms with van der Waals surface area (Å²) in [6.07, 6.45) is 0.377. The number of hydrogen-bond donors (Lipinski definition) is 1. The van der Waals surface area contributed by atoms with Crippen LogP contribution in [0.2, 0.25) is 5.02 Å². The van der Waals surface area contributed by atoms with Crippen molar-refractivity contribution in [1.29, 1.82) is 0 Å². The van der Waals surface area contributed by atoms with Crippen molar-refractivity contribution in [3.63, 3.8) is 0 Å². The fourth-order valence-electron chi connectivity index (χ4n) is 1.86. The van der Waals surface area contributed by atoms with Gasteiger partial charge in [0.2, 0.25) is 0 Å². The van der Waals surface area contributed by atoms with E-state index in [9.17, 15) is 4.79 Å². The molecule has 0 aromatic heterocycles. The summed E-state index contributed by atoms with van der Waals surface area (Å²) in [6, 6.07) is 3.32. The van der Waals surface area contributed by atoms with Crippen molar-refractivity contribution in [2.24, 2.45) is 5.73 Å². The molecule has 1 aromatic rings. The Morgan fingerprint density at radius 3 is 2.52 bits per heavy atom. The van der Waals surface area contributed by atoms with E-state index < -0.39 is 5.97 Å². The Kier molecular flexibility index (Phi) is 6.78. The van der Waals surface area contributed by atoms with Gasteiger partial charge in [0, 0.05) is 22.7 Å². The summed E-state index contributed by atoms with van der Waals surface area (Å²) in [4.78, 5) is 11.6. The molecule has 0 saturated heterocycles. The molecule has 0 aliphatic carbocycles. The number of halogens is 1. The lowest BCUT2D eigenvalue weighted by Gasteiger charge is -2.17. The van der Waals surface area contributed by atoms with Crippen LogP contribution >= 0.6 is 11.6 Å². The van der Waals surface area contributed by atoms with Crippen molar-refractivity contribution in [1.82, 2.24) is 0 Å². The van der Waals surface area contributed by atoms with Gasteiger partial charge in [0.25, 0.3) is 0 Å². The fourth-order valence-corrected chi connectivity index (χ4v) is 2.10. The lowest BCUT2D eigenvalue weighted by molar-refractivity contribution is -0.149. The van der Waals surface area contributed by atoms with Gasteiger partial charge in [0.05, 0.1) is 13.2 Å². The largest absolute Gasteiger partial charge is 0.493 e. The Labute approximate surface area is 130 Å². The molecule has 0 radical (unpaired) electrons. The minimum Gasteiger partial charge on any atom is -0.493 e. The average molecular weight is 316 g/mol. The lowest BCUT2D eigenvalue weighted by atomic mass is 10.1. The highest BCUT2D eigenvalue weighted by Crippen LogP contribution is 2.35. The van der Waals surface area contributed by atoms with Crippen molar-refractivity contribution in [3.05, 3.63) is 22.7 Å². The summed E-state index contributed by atoms with van der Waals surface area (Å²) < 4.78 is 15.9. The molecule has 0 spiro atoms. The summed E-state index contributed by atoms with van der Waals surface area (Å²) >= 11 is 6.05. The summed E-state index contributed by atoms with van der Waals surface area (Å²) in [5.41, 5.74) is 6.62. The van der Waals surface area contributed by atoms with Gasteiger partial charge in [-0.05, 0) is 33.3 Å². The zero-order valence-corrected chi connectivity index (χ0v) is 13.6. The minimum absolute atomic E-state index is 0.0712. The Balaban J connectivity index is 2.94. The van der Waals surface area contributed by atoms with Gasteiger partial charge in [-0.3, -0.25) is 0 Å². The third kappa shape index (κ3) is 5.81. The first kappa shape index (κ1) is 17.6. The highest BCUT2D eigenvalue weighted by atomic mass is 35.5. The molecule has 0 amide bonds. The summed E-state index contributed by atoms with van der Waals surface area (Å²) in [5, 5.41) is 0.527. The predicted octanol–water partition coefficient (Wildman–Crippen LogP) is 2.57. The molecule has 0 aliphatic rings. The van der Waals surface area contributed by atoms with Gasteiger partial charge >= 0.3 is 5.97 Å².